The second-order valence-corrected chi connectivity index (χ2v) is 5.66. The van der Waals surface area contributed by atoms with Gasteiger partial charge in [-0.05, 0) is 49.9 Å². The van der Waals surface area contributed by atoms with Gasteiger partial charge in [-0.15, -0.1) is 0 Å². The Morgan fingerprint density at radius 1 is 1.44 bits per heavy atom. The summed E-state index contributed by atoms with van der Waals surface area (Å²) in [7, 11) is 1.75. The van der Waals surface area contributed by atoms with Crippen LogP contribution >= 0.6 is 0 Å². The molecule has 16 heavy (non-hydrogen) atoms. The lowest BCUT2D eigenvalue weighted by atomic mass is 10.0. The highest BCUT2D eigenvalue weighted by Crippen LogP contribution is 2.60. The van der Waals surface area contributed by atoms with Gasteiger partial charge in [-0.3, -0.25) is 0 Å². The van der Waals surface area contributed by atoms with Gasteiger partial charge in [0, 0.05) is 32.8 Å². The van der Waals surface area contributed by atoms with Crippen molar-refractivity contribution in [3.63, 3.8) is 0 Å². The summed E-state index contributed by atoms with van der Waals surface area (Å²) in [6, 6.07) is 0.296. The molecule has 0 radical (unpaired) electrons. The second-order valence-electron chi connectivity index (χ2n) is 5.66. The van der Waals surface area contributed by atoms with E-state index in [9.17, 15) is 0 Å². The Kier molecular flexibility index (Phi) is 4.22. The predicted octanol–water partition coefficient (Wildman–Crippen LogP) is 1.52. The summed E-state index contributed by atoms with van der Waals surface area (Å²) >= 11 is 0. The number of hydrogen-bond donors (Lipinski definition) is 2. The first-order valence-electron chi connectivity index (χ1n) is 6.72. The van der Waals surface area contributed by atoms with E-state index in [0.29, 0.717) is 11.5 Å². The Balaban J connectivity index is 1.50. The summed E-state index contributed by atoms with van der Waals surface area (Å²) in [4.78, 5) is 0. The van der Waals surface area contributed by atoms with Crippen LogP contribution in [0, 0.1) is 11.3 Å². The van der Waals surface area contributed by atoms with E-state index in [1.807, 2.05) is 0 Å². The molecule has 3 N–H and O–H groups in total. The highest BCUT2D eigenvalue weighted by atomic mass is 16.5. The SMILES string of the molecule is COCCCC(N)CNCC1(C2CC2)CC1. The largest absolute Gasteiger partial charge is 0.385 e. The molecule has 1 unspecified atom stereocenters. The number of rotatable bonds is 9. The molecule has 0 aromatic heterocycles. The lowest BCUT2D eigenvalue weighted by Crippen LogP contribution is -2.37. The van der Waals surface area contributed by atoms with Gasteiger partial charge in [-0.1, -0.05) is 0 Å². The Labute approximate surface area is 99.1 Å². The van der Waals surface area contributed by atoms with E-state index in [-0.39, 0.29) is 0 Å². The minimum Gasteiger partial charge on any atom is -0.385 e. The van der Waals surface area contributed by atoms with Crippen molar-refractivity contribution in [1.29, 1.82) is 0 Å². The molecule has 0 aromatic rings. The minimum absolute atomic E-state index is 0.296. The predicted molar refractivity (Wildman–Crippen MR) is 66.3 cm³/mol. The van der Waals surface area contributed by atoms with Crippen molar-refractivity contribution >= 4 is 0 Å². The van der Waals surface area contributed by atoms with Crippen LogP contribution in [0.3, 0.4) is 0 Å². The van der Waals surface area contributed by atoms with Gasteiger partial charge in [0.15, 0.2) is 0 Å². The molecule has 2 aliphatic carbocycles. The van der Waals surface area contributed by atoms with Gasteiger partial charge in [0.2, 0.25) is 0 Å². The topological polar surface area (TPSA) is 47.3 Å². The molecule has 3 heteroatoms. The second kappa shape index (κ2) is 5.48. The quantitative estimate of drug-likeness (QED) is 0.586. The monoisotopic (exact) mass is 226 g/mol. The van der Waals surface area contributed by atoms with Crippen molar-refractivity contribution in [2.75, 3.05) is 26.8 Å². The molecule has 1 atom stereocenters. The van der Waals surface area contributed by atoms with Crippen molar-refractivity contribution < 1.29 is 4.74 Å². The van der Waals surface area contributed by atoms with E-state index >= 15 is 0 Å². The molecule has 0 aromatic carbocycles. The smallest absolute Gasteiger partial charge is 0.0462 e. The molecule has 2 fully saturated rings. The summed E-state index contributed by atoms with van der Waals surface area (Å²) in [6.45, 7) is 3.01. The third kappa shape index (κ3) is 3.44. The zero-order valence-electron chi connectivity index (χ0n) is 10.5. The fourth-order valence-electron chi connectivity index (χ4n) is 2.68. The first kappa shape index (κ1) is 12.3. The fraction of sp³-hybridized carbons (Fsp3) is 1.00. The van der Waals surface area contributed by atoms with E-state index in [1.54, 1.807) is 7.11 Å². The number of nitrogens with one attached hydrogen (secondary N) is 1. The van der Waals surface area contributed by atoms with E-state index in [2.05, 4.69) is 5.32 Å². The molecule has 0 aliphatic heterocycles. The van der Waals surface area contributed by atoms with Crippen LogP contribution in [0.15, 0.2) is 0 Å². The maximum Gasteiger partial charge on any atom is 0.0462 e. The van der Waals surface area contributed by atoms with Crippen molar-refractivity contribution in [1.82, 2.24) is 5.32 Å². The van der Waals surface area contributed by atoms with Crippen LogP contribution in [0.1, 0.15) is 38.5 Å². The standard InChI is InChI=1S/C13H26N2O/c1-16-8-2-3-12(14)9-15-10-13(6-7-13)11-4-5-11/h11-12,15H,2-10,14H2,1H3. The summed E-state index contributed by atoms with van der Waals surface area (Å²) in [5, 5.41) is 3.57. The molecule has 2 rings (SSSR count). The number of ether oxygens (including phenoxy) is 1. The van der Waals surface area contributed by atoms with E-state index in [1.165, 1.54) is 32.2 Å². The molecule has 0 bridgehead atoms. The first-order valence-corrected chi connectivity index (χ1v) is 6.72. The van der Waals surface area contributed by atoms with Crippen LogP contribution in [-0.4, -0.2) is 32.8 Å². The van der Waals surface area contributed by atoms with Gasteiger partial charge in [0.05, 0.1) is 0 Å². The molecule has 0 amide bonds. The van der Waals surface area contributed by atoms with Crippen molar-refractivity contribution in [3.8, 4) is 0 Å². The molecule has 0 spiro atoms. The van der Waals surface area contributed by atoms with E-state index in [0.717, 1.165) is 31.9 Å². The van der Waals surface area contributed by atoms with Crippen molar-refractivity contribution in [3.05, 3.63) is 0 Å². The number of methoxy groups -OCH3 is 1. The Morgan fingerprint density at radius 3 is 2.75 bits per heavy atom. The normalized spacial score (nSPS) is 24.4. The summed E-state index contributed by atoms with van der Waals surface area (Å²) < 4.78 is 5.02. The summed E-state index contributed by atoms with van der Waals surface area (Å²) in [5.74, 6) is 1.05. The van der Waals surface area contributed by atoms with Gasteiger partial charge < -0.3 is 15.8 Å². The van der Waals surface area contributed by atoms with Gasteiger partial charge in [0.1, 0.15) is 0 Å². The van der Waals surface area contributed by atoms with Gasteiger partial charge in [-0.25, -0.2) is 0 Å². The number of hydrogen-bond acceptors (Lipinski definition) is 3. The van der Waals surface area contributed by atoms with Gasteiger partial charge in [0.25, 0.3) is 0 Å². The lowest BCUT2D eigenvalue weighted by Gasteiger charge is -2.17. The molecule has 3 nitrogen and oxygen atoms in total. The molecule has 2 aliphatic rings. The maximum absolute atomic E-state index is 6.04. The van der Waals surface area contributed by atoms with Crippen LogP contribution in [-0.2, 0) is 4.74 Å². The molecule has 0 heterocycles. The molecular formula is C13H26N2O. The molecular weight excluding hydrogens is 200 g/mol. The van der Waals surface area contributed by atoms with Gasteiger partial charge >= 0.3 is 0 Å². The van der Waals surface area contributed by atoms with Crippen molar-refractivity contribution in [2.24, 2.45) is 17.1 Å². The van der Waals surface area contributed by atoms with Crippen LogP contribution < -0.4 is 11.1 Å². The van der Waals surface area contributed by atoms with E-state index in [4.69, 9.17) is 10.5 Å². The summed E-state index contributed by atoms with van der Waals surface area (Å²) in [6.07, 6.45) is 7.99. The fourth-order valence-corrected chi connectivity index (χ4v) is 2.68. The average Bonchev–Trinajstić information content (AvgIpc) is 3.12. The minimum atomic E-state index is 0.296. The van der Waals surface area contributed by atoms with Crippen LogP contribution in [0.25, 0.3) is 0 Å². The third-order valence-corrected chi connectivity index (χ3v) is 4.14. The van der Waals surface area contributed by atoms with Gasteiger partial charge in [-0.2, -0.15) is 0 Å². The molecule has 2 saturated carbocycles. The number of nitrogens with two attached hydrogens (primary N) is 1. The third-order valence-electron chi connectivity index (χ3n) is 4.14. The zero-order valence-corrected chi connectivity index (χ0v) is 10.5. The Morgan fingerprint density at radius 2 is 2.19 bits per heavy atom. The first-order chi connectivity index (χ1) is 7.77. The highest BCUT2D eigenvalue weighted by molar-refractivity contribution is 5.05. The molecule has 0 saturated heterocycles. The Bertz CT molecular complexity index is 212. The van der Waals surface area contributed by atoms with Crippen LogP contribution in [0.5, 0.6) is 0 Å². The van der Waals surface area contributed by atoms with E-state index < -0.39 is 0 Å². The average molecular weight is 226 g/mol. The summed E-state index contributed by atoms with van der Waals surface area (Å²) in [5.41, 5.74) is 6.74. The van der Waals surface area contributed by atoms with Crippen LogP contribution in [0.4, 0.5) is 0 Å². The maximum atomic E-state index is 6.04. The Hall–Kier alpha value is -0.120. The van der Waals surface area contributed by atoms with Crippen LogP contribution in [0.2, 0.25) is 0 Å². The zero-order chi connectivity index (χ0) is 11.4. The van der Waals surface area contributed by atoms with Crippen molar-refractivity contribution in [2.45, 2.75) is 44.6 Å². The lowest BCUT2D eigenvalue weighted by molar-refractivity contribution is 0.190. The molecule has 94 valence electrons. The highest BCUT2D eigenvalue weighted by Gasteiger charge is 2.53.